The maximum absolute atomic E-state index is 18.0. The van der Waals surface area contributed by atoms with E-state index in [2.05, 4.69) is 59.6 Å². The molecule has 2 aromatic carbocycles. The molecule has 12 nitrogen and oxygen atoms in total. The summed E-state index contributed by atoms with van der Waals surface area (Å²) in [5.41, 5.74) is 5.01. The Labute approximate surface area is 373 Å². The number of halogens is 3. The van der Waals surface area contributed by atoms with Crippen molar-refractivity contribution in [2.24, 2.45) is 0 Å². The summed E-state index contributed by atoms with van der Waals surface area (Å²) in [7, 11) is -0.841. The number of benzene rings is 2. The standard InChI is InChI=1S/C48H57F3N6O6Si/c1-26(2)64(27(3)4,28(5)6)17-16-33-35(50)14-12-30-10-9-11-34(38(30)33)41-40(51)42-39-44(54-46(53-42)62-24-48-18-29(7)20-55(48)21-31(49)19-48)56-22-32-13-15-36(57(32)47(58)59)43(56)37(23-61-25-60-8)63-45(39)52-41/h9-12,14,26-28,31-32,36-37,43H,7,13,15,18-25H2,1-6,8H3,(H,58,59)/t31-,32-,36?,37-,43?,48?/m1/s1. The molecule has 4 fully saturated rings. The lowest BCUT2D eigenvalue weighted by molar-refractivity contribution is -0.0667. The first-order valence-corrected chi connectivity index (χ1v) is 24.7. The molecule has 64 heavy (non-hydrogen) atoms. The van der Waals surface area contributed by atoms with Crippen LogP contribution in [0.3, 0.4) is 0 Å². The lowest BCUT2D eigenvalue weighted by Crippen LogP contribution is -2.66. The maximum Gasteiger partial charge on any atom is 0.407 e. The molecule has 0 aliphatic carbocycles. The number of methoxy groups -OCH3 is 1. The molecule has 7 heterocycles. The van der Waals surface area contributed by atoms with Gasteiger partial charge in [0.25, 0.3) is 0 Å². The van der Waals surface area contributed by atoms with Crippen LogP contribution in [0.15, 0.2) is 42.5 Å². The van der Waals surface area contributed by atoms with Crippen molar-refractivity contribution in [3.8, 4) is 34.6 Å². The minimum atomic E-state index is -2.34. The summed E-state index contributed by atoms with van der Waals surface area (Å²) in [6.07, 6.45) is -0.974. The smallest absolute Gasteiger partial charge is 0.407 e. The van der Waals surface area contributed by atoms with E-state index >= 15 is 8.78 Å². The number of fused-ring (bicyclic) bond motifs is 7. The first-order chi connectivity index (χ1) is 30.6. The fourth-order valence-electron chi connectivity index (χ4n) is 12.1. The zero-order valence-electron chi connectivity index (χ0n) is 37.6. The molecule has 0 spiro atoms. The summed E-state index contributed by atoms with van der Waals surface area (Å²) >= 11 is 0. The second kappa shape index (κ2) is 16.8. The van der Waals surface area contributed by atoms with Crippen LogP contribution < -0.4 is 14.4 Å². The summed E-state index contributed by atoms with van der Waals surface area (Å²) in [6, 6.07) is 6.68. The van der Waals surface area contributed by atoms with E-state index < -0.39 is 55.7 Å². The average molecular weight is 899 g/mol. The number of aromatic nitrogens is 3. The number of anilines is 1. The largest absolute Gasteiger partial charge is 0.469 e. The Morgan fingerprint density at radius 2 is 1.81 bits per heavy atom. The van der Waals surface area contributed by atoms with Crippen molar-refractivity contribution in [3.05, 3.63) is 59.7 Å². The number of nitrogens with zero attached hydrogens (tertiary/aromatic N) is 6. The molecular weight excluding hydrogens is 842 g/mol. The molecule has 0 saturated carbocycles. The van der Waals surface area contributed by atoms with Gasteiger partial charge in [0.05, 0.1) is 35.8 Å². The van der Waals surface area contributed by atoms with Gasteiger partial charge >= 0.3 is 12.1 Å². The molecule has 5 aliphatic rings. The Balaban J connectivity index is 1.26. The molecule has 4 aromatic rings. The van der Waals surface area contributed by atoms with Gasteiger partial charge in [-0.15, -0.1) is 5.54 Å². The number of hydrogen-bond acceptors (Lipinski definition) is 10. The molecule has 5 aliphatic heterocycles. The van der Waals surface area contributed by atoms with Crippen molar-refractivity contribution >= 4 is 41.7 Å². The third kappa shape index (κ3) is 7.17. The van der Waals surface area contributed by atoms with Gasteiger partial charge in [-0.25, -0.2) is 22.9 Å². The predicted octanol–water partition coefficient (Wildman–Crippen LogP) is 8.90. The van der Waals surface area contributed by atoms with E-state index in [1.54, 1.807) is 18.2 Å². The van der Waals surface area contributed by atoms with Gasteiger partial charge in [0.15, 0.2) is 5.82 Å². The minimum Gasteiger partial charge on any atom is -0.469 e. The van der Waals surface area contributed by atoms with Crippen molar-refractivity contribution in [1.82, 2.24) is 24.8 Å². The Kier molecular flexibility index (Phi) is 11.6. The predicted molar refractivity (Wildman–Crippen MR) is 241 cm³/mol. The van der Waals surface area contributed by atoms with E-state index in [1.807, 2.05) is 15.9 Å². The maximum atomic E-state index is 18.0. The van der Waals surface area contributed by atoms with Crippen LogP contribution in [0.1, 0.15) is 72.8 Å². The highest BCUT2D eigenvalue weighted by molar-refractivity contribution is 6.90. The third-order valence-corrected chi connectivity index (χ3v) is 21.0. The lowest BCUT2D eigenvalue weighted by atomic mass is 9.93. The van der Waals surface area contributed by atoms with Gasteiger partial charge in [-0.05, 0) is 47.3 Å². The van der Waals surface area contributed by atoms with Crippen molar-refractivity contribution in [1.29, 1.82) is 0 Å². The third-order valence-electron chi connectivity index (χ3n) is 14.7. The zero-order valence-corrected chi connectivity index (χ0v) is 38.6. The molecule has 6 atom stereocenters. The quantitative estimate of drug-likeness (QED) is 0.0511. The van der Waals surface area contributed by atoms with Crippen LogP contribution in [0.5, 0.6) is 11.9 Å². The van der Waals surface area contributed by atoms with Crippen LogP contribution >= 0.6 is 0 Å². The summed E-state index contributed by atoms with van der Waals surface area (Å²) < 4.78 is 73.8. The van der Waals surface area contributed by atoms with Gasteiger partial charge in [0, 0.05) is 44.1 Å². The lowest BCUT2D eigenvalue weighted by Gasteiger charge is -2.47. The number of carboxylic acid groups (broad SMARTS) is 1. The van der Waals surface area contributed by atoms with Crippen molar-refractivity contribution < 1.29 is 42.0 Å². The number of rotatable bonds is 11. The highest BCUT2D eigenvalue weighted by atomic mass is 28.3. The second-order valence-electron chi connectivity index (χ2n) is 19.3. The normalized spacial score (nSPS) is 25.3. The highest BCUT2D eigenvalue weighted by Gasteiger charge is 2.55. The molecule has 9 rings (SSSR count). The molecule has 3 unspecified atom stereocenters. The van der Waals surface area contributed by atoms with Gasteiger partial charge in [0.1, 0.15) is 62.0 Å². The fourth-order valence-corrected chi connectivity index (χ4v) is 17.3. The fraction of sp³-hybridized carbons (Fsp3) is 0.542. The SMILES string of the molecule is C=C1CN2C[C@H](F)CC2(COc2nc3c4c(nc(-c5cccc6ccc(F)c(C#C[Si](C(C)C)(C(C)C)C(C)C)c56)c(F)c4n2)O[C@H](COCOC)C2C4CC[C@H](CN32)N4C(=O)O)C1. The molecule has 1 amide bonds. The topological polar surface area (TPSA) is 123 Å². The molecular formula is C48H57F3N6O6Si. The van der Waals surface area contributed by atoms with Crippen molar-refractivity contribution in [3.63, 3.8) is 0 Å². The van der Waals surface area contributed by atoms with Crippen molar-refractivity contribution in [2.75, 3.05) is 51.7 Å². The highest BCUT2D eigenvalue weighted by Crippen LogP contribution is 2.48. The van der Waals surface area contributed by atoms with E-state index in [-0.39, 0.29) is 102 Å². The van der Waals surface area contributed by atoms with E-state index in [0.717, 1.165) is 5.57 Å². The van der Waals surface area contributed by atoms with Crippen LogP contribution in [0.4, 0.5) is 23.8 Å². The van der Waals surface area contributed by atoms with Gasteiger partial charge in [0.2, 0.25) is 5.88 Å². The van der Waals surface area contributed by atoms with E-state index in [4.69, 9.17) is 33.9 Å². The molecule has 2 bridgehead atoms. The van der Waals surface area contributed by atoms with Crippen LogP contribution in [-0.2, 0) is 9.47 Å². The number of amides is 1. The summed E-state index contributed by atoms with van der Waals surface area (Å²) in [5, 5.41) is 11.7. The Bertz CT molecular complexity index is 2560. The molecule has 1 N–H and O–H groups in total. The van der Waals surface area contributed by atoms with E-state index in [9.17, 15) is 14.3 Å². The molecule has 16 heteroatoms. The number of alkyl halides is 1. The monoisotopic (exact) mass is 898 g/mol. The zero-order chi connectivity index (χ0) is 45.4. The molecule has 2 aromatic heterocycles. The van der Waals surface area contributed by atoms with E-state index in [0.29, 0.717) is 42.1 Å². The summed E-state index contributed by atoms with van der Waals surface area (Å²) in [5.74, 6) is 2.27. The van der Waals surface area contributed by atoms with Crippen molar-refractivity contribution in [2.45, 2.75) is 120 Å². The summed E-state index contributed by atoms with van der Waals surface area (Å²) in [4.78, 5) is 33.0. The van der Waals surface area contributed by atoms with E-state index in [1.165, 1.54) is 18.1 Å². The van der Waals surface area contributed by atoms with Gasteiger partial charge in [-0.3, -0.25) is 9.80 Å². The number of pyridine rings is 1. The Morgan fingerprint density at radius 1 is 1.05 bits per heavy atom. The molecule has 0 radical (unpaired) electrons. The Morgan fingerprint density at radius 3 is 2.53 bits per heavy atom. The number of piperazine rings is 1. The average Bonchev–Trinajstić information content (AvgIpc) is 3.81. The second-order valence-corrected chi connectivity index (χ2v) is 24.9. The molecule has 4 saturated heterocycles. The van der Waals surface area contributed by atoms with Gasteiger partial charge < -0.3 is 29.0 Å². The van der Waals surface area contributed by atoms with Crippen LogP contribution in [0.2, 0.25) is 16.6 Å². The minimum absolute atomic E-state index is 0.00549. The van der Waals surface area contributed by atoms with Gasteiger partial charge in [-0.2, -0.15) is 9.97 Å². The molecule has 340 valence electrons. The Hall–Kier alpha value is -4.95. The first kappa shape index (κ1) is 44.3. The first-order valence-electron chi connectivity index (χ1n) is 22.4. The number of carbonyl (C=O) groups is 1. The van der Waals surface area contributed by atoms with Crippen LogP contribution in [0.25, 0.3) is 32.9 Å². The number of ether oxygens (including phenoxy) is 4. The van der Waals surface area contributed by atoms with Crippen LogP contribution in [-0.4, -0.2) is 127 Å². The number of hydrogen-bond donors (Lipinski definition) is 1. The summed E-state index contributed by atoms with van der Waals surface area (Å²) in [6.45, 7) is 18.3. The van der Waals surface area contributed by atoms with Gasteiger partial charge in [-0.1, -0.05) is 83.9 Å². The van der Waals surface area contributed by atoms with Crippen LogP contribution in [0, 0.1) is 23.1 Å².